The van der Waals surface area contributed by atoms with Gasteiger partial charge in [-0.25, -0.2) is 9.78 Å². The molecule has 1 unspecified atom stereocenters. The van der Waals surface area contributed by atoms with E-state index in [0.29, 0.717) is 11.6 Å². The van der Waals surface area contributed by atoms with Crippen LogP contribution in [0.4, 0.5) is 4.79 Å². The molecule has 0 saturated carbocycles. The van der Waals surface area contributed by atoms with Crippen LogP contribution in [0.3, 0.4) is 0 Å². The number of thioether (sulfide) groups is 1. The molecular formula is C12H15N5O2S2. The molecular weight excluding hydrogens is 310 g/mol. The number of aromatic nitrogens is 3. The highest BCUT2D eigenvalue weighted by Crippen LogP contribution is 2.20. The van der Waals surface area contributed by atoms with E-state index in [9.17, 15) is 9.59 Å². The highest BCUT2D eigenvalue weighted by molar-refractivity contribution is 8.00. The Labute approximate surface area is 129 Å². The molecule has 9 heteroatoms. The molecule has 2 aromatic rings. The number of thiophene rings is 1. The molecule has 7 nitrogen and oxygen atoms in total. The van der Waals surface area contributed by atoms with Crippen LogP contribution in [0.1, 0.15) is 17.6 Å². The van der Waals surface area contributed by atoms with Crippen LogP contribution >= 0.6 is 23.1 Å². The molecule has 0 radical (unpaired) electrons. The Kier molecular flexibility index (Phi) is 5.34. The summed E-state index contributed by atoms with van der Waals surface area (Å²) in [6.45, 7) is 1.69. The van der Waals surface area contributed by atoms with Crippen molar-refractivity contribution >= 4 is 35.0 Å². The van der Waals surface area contributed by atoms with E-state index < -0.39 is 11.3 Å². The van der Waals surface area contributed by atoms with Gasteiger partial charge in [-0.15, -0.1) is 16.4 Å². The van der Waals surface area contributed by atoms with E-state index in [2.05, 4.69) is 25.8 Å². The number of carbonyl (C=O) groups excluding carboxylic acids is 2. The summed E-state index contributed by atoms with van der Waals surface area (Å²) in [5.41, 5.74) is 0. The Morgan fingerprint density at radius 3 is 3.00 bits per heavy atom. The number of carbonyl (C=O) groups is 2. The number of amides is 3. The summed E-state index contributed by atoms with van der Waals surface area (Å²) in [5, 5.41) is 13.5. The van der Waals surface area contributed by atoms with Gasteiger partial charge < -0.3 is 5.32 Å². The van der Waals surface area contributed by atoms with Crippen molar-refractivity contribution in [2.75, 3.05) is 7.05 Å². The fraction of sp³-hybridized carbons (Fsp3) is 0.333. The number of hydrogen-bond donors (Lipinski definition) is 3. The minimum Gasteiger partial charge on any atom is -0.341 e. The van der Waals surface area contributed by atoms with Gasteiger partial charge in [0.1, 0.15) is 5.82 Å². The normalized spacial score (nSPS) is 11.9. The maximum atomic E-state index is 11.7. The van der Waals surface area contributed by atoms with Crippen molar-refractivity contribution in [3.63, 3.8) is 0 Å². The van der Waals surface area contributed by atoms with E-state index in [1.807, 2.05) is 17.5 Å². The lowest BCUT2D eigenvalue weighted by molar-refractivity contribution is -0.119. The lowest BCUT2D eigenvalue weighted by Crippen LogP contribution is -2.41. The topological polar surface area (TPSA) is 99.8 Å². The second kappa shape index (κ2) is 7.23. The highest BCUT2D eigenvalue weighted by Gasteiger charge is 2.18. The highest BCUT2D eigenvalue weighted by atomic mass is 32.2. The van der Waals surface area contributed by atoms with Crippen molar-refractivity contribution in [3.05, 3.63) is 28.2 Å². The van der Waals surface area contributed by atoms with E-state index in [1.54, 1.807) is 18.3 Å². The molecule has 0 aliphatic heterocycles. The summed E-state index contributed by atoms with van der Waals surface area (Å²) < 4.78 is 0. The van der Waals surface area contributed by atoms with E-state index >= 15 is 0 Å². The van der Waals surface area contributed by atoms with Gasteiger partial charge in [0.05, 0.1) is 5.25 Å². The van der Waals surface area contributed by atoms with Crippen LogP contribution in [0.5, 0.6) is 0 Å². The average Bonchev–Trinajstić information content (AvgIpc) is 3.11. The van der Waals surface area contributed by atoms with Crippen LogP contribution < -0.4 is 10.6 Å². The van der Waals surface area contributed by atoms with Crippen molar-refractivity contribution < 1.29 is 9.59 Å². The Morgan fingerprint density at radius 2 is 2.33 bits per heavy atom. The number of H-pyrrole nitrogens is 1. The zero-order valence-electron chi connectivity index (χ0n) is 11.5. The van der Waals surface area contributed by atoms with Crippen LogP contribution in [0, 0.1) is 0 Å². The average molecular weight is 325 g/mol. The van der Waals surface area contributed by atoms with Gasteiger partial charge in [0.25, 0.3) is 0 Å². The van der Waals surface area contributed by atoms with E-state index in [0.717, 1.165) is 5.82 Å². The fourth-order valence-electron chi connectivity index (χ4n) is 1.48. The van der Waals surface area contributed by atoms with E-state index in [1.165, 1.54) is 23.7 Å². The Bertz CT molecular complexity index is 611. The molecule has 0 saturated heterocycles. The minimum atomic E-state index is -0.527. The Morgan fingerprint density at radius 1 is 1.52 bits per heavy atom. The van der Waals surface area contributed by atoms with Gasteiger partial charge in [-0.05, 0) is 18.4 Å². The number of imide groups is 1. The second-order valence-electron chi connectivity index (χ2n) is 4.15. The number of urea groups is 1. The Hall–Kier alpha value is -1.87. The first-order chi connectivity index (χ1) is 10.1. The van der Waals surface area contributed by atoms with Gasteiger partial charge in [-0.1, -0.05) is 17.8 Å². The molecule has 0 fully saturated rings. The summed E-state index contributed by atoms with van der Waals surface area (Å²) in [6, 6.07) is 3.48. The first-order valence-electron chi connectivity index (χ1n) is 6.21. The zero-order valence-corrected chi connectivity index (χ0v) is 13.2. The molecule has 1 atom stereocenters. The van der Waals surface area contributed by atoms with Gasteiger partial charge in [0.2, 0.25) is 11.1 Å². The van der Waals surface area contributed by atoms with Gasteiger partial charge in [-0.2, -0.15) is 0 Å². The predicted molar refractivity (Wildman–Crippen MR) is 81.4 cm³/mol. The van der Waals surface area contributed by atoms with Crippen molar-refractivity contribution in [2.24, 2.45) is 0 Å². The number of nitrogens with zero attached hydrogens (tertiary/aromatic N) is 2. The largest absolute Gasteiger partial charge is 0.341 e. The molecule has 3 amide bonds. The number of aromatic amines is 1. The smallest absolute Gasteiger partial charge is 0.321 e. The minimum absolute atomic E-state index is 0.385. The fourth-order valence-corrected chi connectivity index (χ4v) is 2.93. The monoisotopic (exact) mass is 325 g/mol. The van der Waals surface area contributed by atoms with Crippen LogP contribution in [0.2, 0.25) is 0 Å². The quantitative estimate of drug-likeness (QED) is 0.722. The van der Waals surface area contributed by atoms with Crippen molar-refractivity contribution in [1.82, 2.24) is 25.8 Å². The molecule has 2 heterocycles. The summed E-state index contributed by atoms with van der Waals surface area (Å²) in [5.74, 6) is 0.364. The number of hydrogen-bond acceptors (Lipinski definition) is 6. The molecule has 0 aliphatic carbocycles. The van der Waals surface area contributed by atoms with Crippen LogP contribution in [0.25, 0.3) is 0 Å². The zero-order chi connectivity index (χ0) is 15.2. The maximum absolute atomic E-state index is 11.7. The first kappa shape index (κ1) is 15.5. The molecule has 2 aromatic heterocycles. The molecule has 2 rings (SSSR count). The summed E-state index contributed by atoms with van der Waals surface area (Å²) >= 11 is 2.85. The number of rotatable bonds is 5. The molecule has 21 heavy (non-hydrogen) atoms. The molecule has 0 spiro atoms. The molecule has 112 valence electrons. The van der Waals surface area contributed by atoms with Crippen LogP contribution in [0.15, 0.2) is 22.7 Å². The molecule has 0 aromatic carbocycles. The molecule has 0 aliphatic rings. The summed E-state index contributed by atoms with van der Waals surface area (Å²) in [7, 11) is 1.45. The molecule has 0 bridgehead atoms. The maximum Gasteiger partial charge on any atom is 0.321 e. The van der Waals surface area contributed by atoms with Gasteiger partial charge in [0.15, 0.2) is 0 Å². The standard InChI is InChI=1S/C12H15N5O2S2/c1-7(10(18)15-11(19)13-2)21-12-14-9(16-17-12)6-8-4-3-5-20-8/h3-5,7H,6H2,1-2H3,(H,14,16,17)(H2,13,15,18,19). The van der Waals surface area contributed by atoms with Crippen LogP contribution in [-0.2, 0) is 11.2 Å². The van der Waals surface area contributed by atoms with Crippen LogP contribution in [-0.4, -0.2) is 39.4 Å². The second-order valence-corrected chi connectivity index (χ2v) is 6.49. The third-order valence-electron chi connectivity index (χ3n) is 2.55. The summed E-state index contributed by atoms with van der Waals surface area (Å²) in [6.07, 6.45) is 0.685. The third kappa shape index (κ3) is 4.57. The van der Waals surface area contributed by atoms with Gasteiger partial charge >= 0.3 is 6.03 Å². The van der Waals surface area contributed by atoms with E-state index in [-0.39, 0.29) is 5.91 Å². The first-order valence-corrected chi connectivity index (χ1v) is 7.97. The Balaban J connectivity index is 1.89. The van der Waals surface area contributed by atoms with Gasteiger partial charge in [-0.3, -0.25) is 15.2 Å². The SMILES string of the molecule is CNC(=O)NC(=O)C(C)Sc1n[nH]c(Cc2cccs2)n1. The molecule has 3 N–H and O–H groups in total. The predicted octanol–water partition coefficient (Wildman–Crippen LogP) is 1.39. The van der Waals surface area contributed by atoms with Crippen molar-refractivity contribution in [3.8, 4) is 0 Å². The van der Waals surface area contributed by atoms with Gasteiger partial charge in [0, 0.05) is 18.3 Å². The van der Waals surface area contributed by atoms with Crippen molar-refractivity contribution in [1.29, 1.82) is 0 Å². The third-order valence-corrected chi connectivity index (χ3v) is 4.39. The lowest BCUT2D eigenvalue weighted by Gasteiger charge is -2.08. The summed E-state index contributed by atoms with van der Waals surface area (Å²) in [4.78, 5) is 28.3. The van der Waals surface area contributed by atoms with Crippen molar-refractivity contribution in [2.45, 2.75) is 23.8 Å². The van der Waals surface area contributed by atoms with E-state index in [4.69, 9.17) is 0 Å². The number of nitrogens with one attached hydrogen (secondary N) is 3. The lowest BCUT2D eigenvalue weighted by atomic mass is 10.3.